The van der Waals surface area contributed by atoms with Gasteiger partial charge in [-0.15, -0.1) is 0 Å². The van der Waals surface area contributed by atoms with Crippen LogP contribution in [0.4, 0.5) is 23.0 Å². The minimum atomic E-state index is -0.547. The molecule has 0 atom stereocenters. The van der Waals surface area contributed by atoms with Gasteiger partial charge in [-0.05, 0) is 19.1 Å². The van der Waals surface area contributed by atoms with Crippen LogP contribution in [-0.2, 0) is 0 Å². The summed E-state index contributed by atoms with van der Waals surface area (Å²) in [5, 5.41) is 28.9. The number of pyridine rings is 2. The Morgan fingerprint density at radius 1 is 1.00 bits per heavy atom. The molecule has 0 aliphatic carbocycles. The Morgan fingerprint density at radius 3 is 1.96 bits per heavy atom. The normalized spacial score (nSPS) is 11.3. The van der Waals surface area contributed by atoms with Crippen molar-refractivity contribution < 1.29 is 9.85 Å². The van der Waals surface area contributed by atoms with E-state index in [4.69, 9.17) is 0 Å². The topological polar surface area (TPSA) is 161 Å². The fourth-order valence-electron chi connectivity index (χ4n) is 1.49. The van der Waals surface area contributed by atoms with Crippen LogP contribution in [0.2, 0.25) is 0 Å². The first-order chi connectivity index (χ1) is 12.0. The zero-order valence-corrected chi connectivity index (χ0v) is 12.9. The molecule has 12 nitrogen and oxygen atoms in total. The number of nitro groups is 2. The molecule has 0 aliphatic rings. The van der Waals surface area contributed by atoms with E-state index in [2.05, 4.69) is 31.0 Å². The number of nitrogens with one attached hydrogen (secondary N) is 2. The molecule has 0 spiro atoms. The van der Waals surface area contributed by atoms with E-state index in [1.807, 2.05) is 0 Å². The van der Waals surface area contributed by atoms with Crippen LogP contribution in [0.1, 0.15) is 6.92 Å². The Balaban J connectivity index is 1.88. The van der Waals surface area contributed by atoms with Gasteiger partial charge in [0.15, 0.2) is 0 Å². The number of hydrogen-bond acceptors (Lipinski definition) is 10. The second-order valence-corrected chi connectivity index (χ2v) is 4.55. The van der Waals surface area contributed by atoms with Crippen LogP contribution < -0.4 is 10.9 Å². The lowest BCUT2D eigenvalue weighted by molar-refractivity contribution is -0.385. The van der Waals surface area contributed by atoms with Crippen LogP contribution in [0.25, 0.3) is 0 Å². The highest BCUT2D eigenvalue weighted by atomic mass is 16.6. The van der Waals surface area contributed by atoms with Crippen molar-refractivity contribution in [3.05, 3.63) is 56.9 Å². The zero-order chi connectivity index (χ0) is 18.2. The van der Waals surface area contributed by atoms with Crippen molar-refractivity contribution in [2.75, 3.05) is 10.9 Å². The molecule has 0 saturated heterocycles. The van der Waals surface area contributed by atoms with Crippen molar-refractivity contribution in [1.29, 1.82) is 0 Å². The molecule has 0 bridgehead atoms. The molecule has 0 amide bonds. The number of rotatable bonds is 7. The van der Waals surface area contributed by atoms with E-state index < -0.39 is 9.85 Å². The van der Waals surface area contributed by atoms with Crippen molar-refractivity contribution in [3.8, 4) is 0 Å². The van der Waals surface area contributed by atoms with Crippen LogP contribution in [0.15, 0.2) is 46.9 Å². The number of anilines is 2. The maximum atomic E-state index is 10.5. The highest BCUT2D eigenvalue weighted by Gasteiger charge is 2.05. The first-order valence-corrected chi connectivity index (χ1v) is 6.76. The molecule has 0 saturated carbocycles. The van der Waals surface area contributed by atoms with E-state index in [1.54, 1.807) is 6.92 Å². The highest BCUT2D eigenvalue weighted by molar-refractivity contribution is 6.29. The van der Waals surface area contributed by atoms with Crippen molar-refractivity contribution in [2.45, 2.75) is 6.92 Å². The number of aromatic nitrogens is 2. The van der Waals surface area contributed by atoms with Crippen molar-refractivity contribution in [3.63, 3.8) is 0 Å². The SMILES string of the molecule is CC(/C=N\Nc1ccc([N+](=O)[O-])cn1)=N/Nc1ccc([N+](=O)[O-])cn1. The lowest BCUT2D eigenvalue weighted by Crippen LogP contribution is -2.02. The molecule has 2 rings (SSSR count). The van der Waals surface area contributed by atoms with Crippen LogP contribution in [0.5, 0.6) is 0 Å². The summed E-state index contributed by atoms with van der Waals surface area (Å²) in [6.07, 6.45) is 3.62. The quantitative estimate of drug-likeness (QED) is 0.439. The van der Waals surface area contributed by atoms with Crippen molar-refractivity contribution in [2.24, 2.45) is 10.2 Å². The number of hydrogen-bond donors (Lipinski definition) is 2. The smallest absolute Gasteiger partial charge is 0.261 e. The molecule has 0 aliphatic heterocycles. The molecule has 2 aromatic heterocycles. The van der Waals surface area contributed by atoms with Crippen LogP contribution in [-0.4, -0.2) is 31.7 Å². The third-order valence-corrected chi connectivity index (χ3v) is 2.69. The molecule has 0 aromatic carbocycles. The van der Waals surface area contributed by atoms with Crippen molar-refractivity contribution >= 4 is 34.9 Å². The molecule has 2 heterocycles. The third kappa shape index (κ3) is 5.31. The Bertz CT molecular complexity index is 817. The predicted octanol–water partition coefficient (Wildman–Crippen LogP) is 2.18. The van der Waals surface area contributed by atoms with Gasteiger partial charge in [-0.1, -0.05) is 0 Å². The molecule has 0 fully saturated rings. The molecule has 25 heavy (non-hydrogen) atoms. The fraction of sp³-hybridized carbons (Fsp3) is 0.0769. The molecule has 2 aromatic rings. The average Bonchev–Trinajstić information content (AvgIpc) is 2.60. The summed E-state index contributed by atoms with van der Waals surface area (Å²) in [5.74, 6) is 0.669. The van der Waals surface area contributed by atoms with Gasteiger partial charge in [0.2, 0.25) is 0 Å². The summed E-state index contributed by atoms with van der Waals surface area (Å²) in [6, 6.07) is 5.44. The molecular weight excluding hydrogens is 332 g/mol. The minimum Gasteiger partial charge on any atom is -0.261 e. The Morgan fingerprint density at radius 2 is 1.52 bits per heavy atom. The summed E-state index contributed by atoms with van der Waals surface area (Å²) in [4.78, 5) is 27.6. The van der Waals surface area contributed by atoms with Gasteiger partial charge in [0.25, 0.3) is 11.4 Å². The second kappa shape index (κ2) is 8.05. The van der Waals surface area contributed by atoms with Crippen molar-refractivity contribution in [1.82, 2.24) is 9.97 Å². The molecule has 128 valence electrons. The average molecular weight is 344 g/mol. The van der Waals surface area contributed by atoms with Gasteiger partial charge in [-0.2, -0.15) is 10.2 Å². The largest absolute Gasteiger partial charge is 0.287 e. The molecule has 12 heteroatoms. The predicted molar refractivity (Wildman–Crippen MR) is 90.6 cm³/mol. The van der Waals surface area contributed by atoms with Gasteiger partial charge in [-0.25, -0.2) is 9.97 Å². The highest BCUT2D eigenvalue weighted by Crippen LogP contribution is 2.12. The fourth-order valence-corrected chi connectivity index (χ4v) is 1.49. The van der Waals surface area contributed by atoms with Gasteiger partial charge in [0.1, 0.15) is 24.0 Å². The van der Waals surface area contributed by atoms with Gasteiger partial charge in [-0.3, -0.25) is 31.1 Å². The zero-order valence-electron chi connectivity index (χ0n) is 12.9. The van der Waals surface area contributed by atoms with E-state index in [0.29, 0.717) is 17.3 Å². The van der Waals surface area contributed by atoms with Gasteiger partial charge >= 0.3 is 0 Å². The lowest BCUT2D eigenvalue weighted by Gasteiger charge is -2.00. The molecular formula is C13H12N8O4. The maximum absolute atomic E-state index is 10.5. The summed E-state index contributed by atoms with van der Waals surface area (Å²) < 4.78 is 0. The Labute approximate surface area is 140 Å². The first kappa shape index (κ1) is 17.4. The van der Waals surface area contributed by atoms with Crippen LogP contribution in [0, 0.1) is 20.2 Å². The van der Waals surface area contributed by atoms with Gasteiger partial charge in [0, 0.05) is 12.1 Å². The van der Waals surface area contributed by atoms with E-state index in [-0.39, 0.29) is 11.4 Å². The monoisotopic (exact) mass is 344 g/mol. The van der Waals surface area contributed by atoms with E-state index in [1.165, 1.54) is 30.5 Å². The summed E-state index contributed by atoms with van der Waals surface area (Å²) >= 11 is 0. The lowest BCUT2D eigenvalue weighted by atomic mass is 10.4. The Hall–Kier alpha value is -3.96. The first-order valence-electron chi connectivity index (χ1n) is 6.76. The summed E-state index contributed by atoms with van der Waals surface area (Å²) in [6.45, 7) is 1.66. The molecule has 2 N–H and O–H groups in total. The summed E-state index contributed by atoms with van der Waals surface area (Å²) in [7, 11) is 0. The number of nitrogens with zero attached hydrogens (tertiary/aromatic N) is 6. The van der Waals surface area contributed by atoms with E-state index in [9.17, 15) is 20.2 Å². The van der Waals surface area contributed by atoms with E-state index in [0.717, 1.165) is 12.4 Å². The minimum absolute atomic E-state index is 0.118. The van der Waals surface area contributed by atoms with Gasteiger partial charge < -0.3 is 0 Å². The molecule has 0 unspecified atom stereocenters. The Kier molecular flexibility index (Phi) is 5.60. The van der Waals surface area contributed by atoms with Gasteiger partial charge in [0.05, 0.1) is 21.8 Å². The van der Waals surface area contributed by atoms with Crippen LogP contribution in [0.3, 0.4) is 0 Å². The molecule has 0 radical (unpaired) electrons. The standard InChI is InChI=1S/C13H12N8O4/c1-9(17-19-13-5-3-11(8-15-13)21(24)25)6-16-18-12-4-2-10(7-14-12)20(22)23/h2-8H,1H3,(H,14,18)(H,15,19)/b16-6-,17-9-. The summed E-state index contributed by atoms with van der Waals surface area (Å²) in [5.41, 5.74) is 5.46. The maximum Gasteiger partial charge on any atom is 0.287 e. The van der Waals surface area contributed by atoms with Crippen LogP contribution >= 0.6 is 0 Å². The second-order valence-electron chi connectivity index (χ2n) is 4.55. The van der Waals surface area contributed by atoms with E-state index >= 15 is 0 Å². The third-order valence-electron chi connectivity index (χ3n) is 2.69. The number of hydrazone groups is 2.